The Morgan fingerprint density at radius 1 is 0.964 bits per heavy atom. The zero-order valence-electron chi connectivity index (χ0n) is 15.7. The molecule has 2 heterocycles. The number of amides is 1. The minimum atomic E-state index is -0.330. The molecular weight excluding hydrogens is 356 g/mol. The number of fused-ring (bicyclic) bond motifs is 1. The van der Waals surface area contributed by atoms with Crippen molar-refractivity contribution in [3.05, 3.63) is 65.6 Å². The van der Waals surface area contributed by atoms with E-state index in [4.69, 9.17) is 9.47 Å². The minimum Gasteiger partial charge on any atom is -0.486 e. The predicted octanol–water partition coefficient (Wildman–Crippen LogP) is 3.86. The molecule has 1 aliphatic rings. The summed E-state index contributed by atoms with van der Waals surface area (Å²) >= 11 is 0. The number of hydrogen-bond donors (Lipinski definition) is 2. The smallest absolute Gasteiger partial charge is 0.274 e. The van der Waals surface area contributed by atoms with Gasteiger partial charge < -0.3 is 20.1 Å². The van der Waals surface area contributed by atoms with Crippen LogP contribution in [0.25, 0.3) is 0 Å². The van der Waals surface area contributed by atoms with Crippen LogP contribution in [0.4, 0.5) is 17.2 Å². The van der Waals surface area contributed by atoms with Gasteiger partial charge in [-0.05, 0) is 43.2 Å². The number of carbonyl (C=O) groups is 1. The van der Waals surface area contributed by atoms with Gasteiger partial charge in [-0.1, -0.05) is 12.1 Å². The number of hydrogen-bond acceptors (Lipinski definition) is 6. The molecule has 0 saturated heterocycles. The van der Waals surface area contributed by atoms with Gasteiger partial charge >= 0.3 is 0 Å². The molecule has 0 aliphatic carbocycles. The molecule has 0 fully saturated rings. The lowest BCUT2D eigenvalue weighted by Gasteiger charge is -2.19. The van der Waals surface area contributed by atoms with Crippen molar-refractivity contribution in [1.29, 1.82) is 0 Å². The number of aromatic nitrogens is 2. The van der Waals surface area contributed by atoms with E-state index in [9.17, 15) is 4.79 Å². The van der Waals surface area contributed by atoms with Crippen molar-refractivity contribution < 1.29 is 14.3 Å². The summed E-state index contributed by atoms with van der Waals surface area (Å²) in [4.78, 5) is 20.9. The van der Waals surface area contributed by atoms with Crippen molar-refractivity contribution in [1.82, 2.24) is 9.97 Å². The quantitative estimate of drug-likeness (QED) is 0.719. The molecule has 0 unspecified atom stereocenters. The molecule has 0 radical (unpaired) electrons. The van der Waals surface area contributed by atoms with Gasteiger partial charge in [0.05, 0.1) is 0 Å². The highest BCUT2D eigenvalue weighted by Crippen LogP contribution is 2.32. The van der Waals surface area contributed by atoms with Gasteiger partial charge in [-0.2, -0.15) is 0 Å². The van der Waals surface area contributed by atoms with E-state index in [0.717, 1.165) is 16.8 Å². The van der Waals surface area contributed by atoms with Gasteiger partial charge in [-0.15, -0.1) is 0 Å². The summed E-state index contributed by atoms with van der Waals surface area (Å²) in [6.45, 7) is 5.05. The van der Waals surface area contributed by atoms with E-state index < -0.39 is 0 Å². The van der Waals surface area contributed by atoms with Crippen molar-refractivity contribution in [3.63, 3.8) is 0 Å². The van der Waals surface area contributed by atoms with Gasteiger partial charge in [-0.25, -0.2) is 9.97 Å². The molecule has 0 atom stereocenters. The zero-order chi connectivity index (χ0) is 19.5. The molecule has 2 aromatic carbocycles. The first kappa shape index (κ1) is 17.8. The third-order valence-corrected chi connectivity index (χ3v) is 4.36. The van der Waals surface area contributed by atoms with Crippen LogP contribution in [-0.2, 0) is 0 Å². The van der Waals surface area contributed by atoms with Gasteiger partial charge in [0, 0.05) is 23.5 Å². The largest absolute Gasteiger partial charge is 0.486 e. The number of benzene rings is 2. The van der Waals surface area contributed by atoms with Gasteiger partial charge in [0.25, 0.3) is 5.91 Å². The summed E-state index contributed by atoms with van der Waals surface area (Å²) in [5.74, 6) is 1.51. The zero-order valence-corrected chi connectivity index (χ0v) is 15.7. The molecule has 1 aliphatic heterocycles. The number of carbonyl (C=O) groups excluding carboxylic acids is 1. The van der Waals surface area contributed by atoms with Gasteiger partial charge in [0.1, 0.15) is 31.1 Å². The first-order valence-electron chi connectivity index (χ1n) is 8.96. The standard InChI is InChI=1S/C21H20N4O3/c1-13-3-4-14(2)16(9-13)25-20-11-17(22-12-23-20)21(26)24-15-5-6-18-19(10-15)28-8-7-27-18/h3-6,9-12H,7-8H2,1-2H3,(H,24,26)(H,22,23,25). The minimum absolute atomic E-state index is 0.262. The molecule has 28 heavy (non-hydrogen) atoms. The third-order valence-electron chi connectivity index (χ3n) is 4.36. The lowest BCUT2D eigenvalue weighted by atomic mass is 10.1. The topological polar surface area (TPSA) is 85.4 Å². The second kappa shape index (κ2) is 7.56. The van der Waals surface area contributed by atoms with Gasteiger partial charge in [-0.3, -0.25) is 4.79 Å². The molecular formula is C21H20N4O3. The van der Waals surface area contributed by atoms with E-state index in [-0.39, 0.29) is 11.6 Å². The normalized spacial score (nSPS) is 12.4. The van der Waals surface area contributed by atoms with Crippen molar-refractivity contribution in [2.75, 3.05) is 23.8 Å². The van der Waals surface area contributed by atoms with Crippen LogP contribution in [0.1, 0.15) is 21.6 Å². The molecule has 7 heteroatoms. The van der Waals surface area contributed by atoms with Crippen LogP contribution in [0.2, 0.25) is 0 Å². The maximum absolute atomic E-state index is 12.6. The Hall–Kier alpha value is -3.61. The van der Waals surface area contributed by atoms with Crippen LogP contribution in [-0.4, -0.2) is 29.1 Å². The molecule has 7 nitrogen and oxygen atoms in total. The second-order valence-corrected chi connectivity index (χ2v) is 6.54. The fraction of sp³-hybridized carbons (Fsp3) is 0.190. The van der Waals surface area contributed by atoms with Crippen LogP contribution in [0.3, 0.4) is 0 Å². The summed E-state index contributed by atoms with van der Waals surface area (Å²) in [5, 5.41) is 6.07. The molecule has 1 amide bonds. The highest BCUT2D eigenvalue weighted by molar-refractivity contribution is 6.03. The summed E-state index contributed by atoms with van der Waals surface area (Å²) in [6, 6.07) is 13.0. The number of ether oxygens (including phenoxy) is 2. The SMILES string of the molecule is Cc1ccc(C)c(Nc2cc(C(=O)Nc3ccc4c(c3)OCCO4)ncn2)c1. The molecule has 4 rings (SSSR count). The van der Waals surface area contributed by atoms with E-state index in [1.807, 2.05) is 32.0 Å². The van der Waals surface area contributed by atoms with Crippen molar-refractivity contribution in [3.8, 4) is 11.5 Å². The number of nitrogens with one attached hydrogen (secondary N) is 2. The monoisotopic (exact) mass is 376 g/mol. The van der Waals surface area contributed by atoms with Crippen molar-refractivity contribution in [2.24, 2.45) is 0 Å². The maximum atomic E-state index is 12.6. The third kappa shape index (κ3) is 3.88. The average Bonchev–Trinajstić information content (AvgIpc) is 2.71. The average molecular weight is 376 g/mol. The van der Waals surface area contributed by atoms with Crippen molar-refractivity contribution >= 4 is 23.1 Å². The Morgan fingerprint density at radius 2 is 1.79 bits per heavy atom. The van der Waals surface area contributed by atoms with Crippen LogP contribution in [0.15, 0.2) is 48.8 Å². The number of rotatable bonds is 4. The van der Waals surface area contributed by atoms with Gasteiger partial charge in [0.15, 0.2) is 11.5 Å². The Bertz CT molecular complexity index is 1040. The lowest BCUT2D eigenvalue weighted by molar-refractivity contribution is 0.102. The predicted molar refractivity (Wildman–Crippen MR) is 107 cm³/mol. The molecule has 2 N–H and O–H groups in total. The Balaban J connectivity index is 1.51. The second-order valence-electron chi connectivity index (χ2n) is 6.54. The first-order chi connectivity index (χ1) is 13.6. The van der Waals surface area contributed by atoms with Crippen LogP contribution < -0.4 is 20.1 Å². The fourth-order valence-electron chi connectivity index (χ4n) is 2.87. The Morgan fingerprint density at radius 3 is 2.64 bits per heavy atom. The Labute approximate surface area is 162 Å². The van der Waals surface area contributed by atoms with E-state index in [1.54, 1.807) is 24.3 Å². The summed E-state index contributed by atoms with van der Waals surface area (Å²) in [5.41, 5.74) is 4.04. The number of aryl methyl sites for hydroxylation is 2. The summed E-state index contributed by atoms with van der Waals surface area (Å²) < 4.78 is 11.0. The van der Waals surface area contributed by atoms with E-state index in [2.05, 4.69) is 20.6 Å². The molecule has 3 aromatic rings. The number of nitrogens with zero attached hydrogens (tertiary/aromatic N) is 2. The van der Waals surface area contributed by atoms with E-state index in [1.165, 1.54) is 6.33 Å². The first-order valence-corrected chi connectivity index (χ1v) is 8.96. The maximum Gasteiger partial charge on any atom is 0.274 e. The molecule has 142 valence electrons. The van der Waals surface area contributed by atoms with Crippen LogP contribution >= 0.6 is 0 Å². The Kier molecular flexibility index (Phi) is 4.80. The van der Waals surface area contributed by atoms with Gasteiger partial charge in [0.2, 0.25) is 0 Å². The highest BCUT2D eigenvalue weighted by Gasteiger charge is 2.14. The van der Waals surface area contributed by atoms with Crippen molar-refractivity contribution in [2.45, 2.75) is 13.8 Å². The molecule has 0 spiro atoms. The molecule has 0 bridgehead atoms. The fourth-order valence-corrected chi connectivity index (χ4v) is 2.87. The molecule has 1 aromatic heterocycles. The van der Waals surface area contributed by atoms with Crippen LogP contribution in [0, 0.1) is 13.8 Å². The summed E-state index contributed by atoms with van der Waals surface area (Å²) in [6.07, 6.45) is 1.37. The number of anilines is 3. The highest BCUT2D eigenvalue weighted by atomic mass is 16.6. The van der Waals surface area contributed by atoms with E-state index >= 15 is 0 Å². The van der Waals surface area contributed by atoms with Crippen LogP contribution in [0.5, 0.6) is 11.5 Å². The lowest BCUT2D eigenvalue weighted by Crippen LogP contribution is -2.17. The molecule has 0 saturated carbocycles. The summed E-state index contributed by atoms with van der Waals surface area (Å²) in [7, 11) is 0. The van der Waals surface area contributed by atoms with E-state index in [0.29, 0.717) is 36.2 Å².